The van der Waals surface area contributed by atoms with Crippen LogP contribution in [-0.2, 0) is 11.3 Å². The average molecular weight is 327 g/mol. The number of benzene rings is 2. The van der Waals surface area contributed by atoms with Gasteiger partial charge in [-0.25, -0.2) is 0 Å². The van der Waals surface area contributed by atoms with Gasteiger partial charge in [0.05, 0.1) is 18.8 Å². The molecule has 2 fully saturated rings. The Morgan fingerprint density at radius 1 is 1.21 bits per heavy atom. The van der Waals surface area contributed by atoms with Gasteiger partial charge in [-0.3, -0.25) is 4.90 Å². The van der Waals surface area contributed by atoms with Crippen LogP contribution in [0.25, 0.3) is 10.8 Å². The number of fused-ring (bicyclic) bond motifs is 1. The van der Waals surface area contributed by atoms with Crippen molar-refractivity contribution in [3.05, 3.63) is 42.0 Å². The maximum absolute atomic E-state index is 10.6. The van der Waals surface area contributed by atoms with E-state index < -0.39 is 0 Å². The minimum atomic E-state index is -0.376. The van der Waals surface area contributed by atoms with E-state index in [0.29, 0.717) is 6.54 Å². The fourth-order valence-electron chi connectivity index (χ4n) is 4.10. The van der Waals surface area contributed by atoms with Gasteiger partial charge >= 0.3 is 0 Å². The quantitative estimate of drug-likeness (QED) is 0.941. The highest BCUT2D eigenvalue weighted by atomic mass is 16.5. The molecule has 0 amide bonds. The predicted molar refractivity (Wildman–Crippen MR) is 94.3 cm³/mol. The highest BCUT2D eigenvalue weighted by Crippen LogP contribution is 2.36. The highest BCUT2D eigenvalue weighted by Gasteiger charge is 2.45. The van der Waals surface area contributed by atoms with Gasteiger partial charge in [0.15, 0.2) is 0 Å². The SMILES string of the molecule is COc1ccc2cc(CN3CC[C@@]4(CCCO4)[C@@H](O)C3)ccc2c1. The molecule has 0 unspecified atom stereocenters. The van der Waals surface area contributed by atoms with Crippen molar-refractivity contribution in [2.45, 2.75) is 37.5 Å². The first-order valence-electron chi connectivity index (χ1n) is 8.80. The van der Waals surface area contributed by atoms with Crippen LogP contribution < -0.4 is 4.74 Å². The van der Waals surface area contributed by atoms with Crippen LogP contribution in [-0.4, -0.2) is 48.5 Å². The molecule has 2 aromatic carbocycles. The second-order valence-electron chi connectivity index (χ2n) is 7.07. The molecule has 0 aromatic heterocycles. The van der Waals surface area contributed by atoms with E-state index >= 15 is 0 Å². The van der Waals surface area contributed by atoms with Crippen LogP contribution in [0.15, 0.2) is 36.4 Å². The van der Waals surface area contributed by atoms with Crippen LogP contribution in [0.1, 0.15) is 24.8 Å². The molecule has 2 saturated heterocycles. The minimum Gasteiger partial charge on any atom is -0.497 e. The monoisotopic (exact) mass is 327 g/mol. The maximum Gasteiger partial charge on any atom is 0.119 e. The van der Waals surface area contributed by atoms with Crippen molar-refractivity contribution in [2.75, 3.05) is 26.8 Å². The first-order chi connectivity index (χ1) is 11.7. The van der Waals surface area contributed by atoms with E-state index in [-0.39, 0.29) is 11.7 Å². The Hall–Kier alpha value is -1.62. The van der Waals surface area contributed by atoms with Gasteiger partial charge in [-0.1, -0.05) is 18.2 Å². The lowest BCUT2D eigenvalue weighted by molar-refractivity contribution is -0.130. The molecular weight excluding hydrogens is 302 g/mol. The Morgan fingerprint density at radius 3 is 2.79 bits per heavy atom. The molecule has 0 radical (unpaired) electrons. The first kappa shape index (κ1) is 15.9. The summed E-state index contributed by atoms with van der Waals surface area (Å²) in [5, 5.41) is 13.0. The van der Waals surface area contributed by atoms with E-state index in [2.05, 4.69) is 35.2 Å². The standard InChI is InChI=1S/C20H25NO3/c1-23-18-6-5-16-11-15(3-4-17(16)12-18)13-21-9-8-20(19(22)14-21)7-2-10-24-20/h3-6,11-12,19,22H,2,7-10,13-14H2,1H3/t19-,20-/m0/s1. The number of piperidine rings is 1. The molecule has 128 valence electrons. The van der Waals surface area contributed by atoms with Crippen molar-refractivity contribution in [3.63, 3.8) is 0 Å². The smallest absolute Gasteiger partial charge is 0.119 e. The Bertz CT molecular complexity index is 724. The molecule has 0 saturated carbocycles. The van der Waals surface area contributed by atoms with Crippen LogP contribution in [0.5, 0.6) is 5.75 Å². The normalized spacial score (nSPS) is 27.8. The molecule has 2 aromatic rings. The summed E-state index contributed by atoms with van der Waals surface area (Å²) in [5.41, 5.74) is 1.01. The zero-order valence-electron chi connectivity index (χ0n) is 14.2. The summed E-state index contributed by atoms with van der Waals surface area (Å²) in [7, 11) is 1.69. The van der Waals surface area contributed by atoms with Gasteiger partial charge in [-0.05, 0) is 53.8 Å². The fraction of sp³-hybridized carbons (Fsp3) is 0.500. The molecule has 0 aliphatic carbocycles. The summed E-state index contributed by atoms with van der Waals surface area (Å²) >= 11 is 0. The number of hydrogen-bond acceptors (Lipinski definition) is 4. The zero-order chi connectivity index (χ0) is 16.6. The van der Waals surface area contributed by atoms with Crippen LogP contribution in [0.4, 0.5) is 0 Å². The Balaban J connectivity index is 1.46. The third-order valence-corrected chi connectivity index (χ3v) is 5.54. The Kier molecular flexibility index (Phi) is 4.21. The van der Waals surface area contributed by atoms with Gasteiger partial charge in [-0.15, -0.1) is 0 Å². The number of aliphatic hydroxyl groups excluding tert-OH is 1. The summed E-state index contributed by atoms with van der Waals surface area (Å²) in [4.78, 5) is 2.34. The van der Waals surface area contributed by atoms with Gasteiger partial charge in [-0.2, -0.15) is 0 Å². The largest absolute Gasteiger partial charge is 0.497 e. The molecule has 4 rings (SSSR count). The summed E-state index contributed by atoms with van der Waals surface area (Å²) in [5.74, 6) is 0.885. The fourth-order valence-corrected chi connectivity index (χ4v) is 4.10. The van der Waals surface area contributed by atoms with E-state index in [1.807, 2.05) is 6.07 Å². The second-order valence-corrected chi connectivity index (χ2v) is 7.07. The van der Waals surface area contributed by atoms with Crippen molar-refractivity contribution in [1.29, 1.82) is 0 Å². The van der Waals surface area contributed by atoms with Gasteiger partial charge < -0.3 is 14.6 Å². The average Bonchev–Trinajstić information content (AvgIpc) is 3.08. The maximum atomic E-state index is 10.6. The molecule has 2 heterocycles. The predicted octanol–water partition coefficient (Wildman–Crippen LogP) is 2.96. The van der Waals surface area contributed by atoms with Crippen LogP contribution in [0.2, 0.25) is 0 Å². The molecule has 2 aliphatic heterocycles. The number of β-amino-alcohol motifs (C(OH)–C–C–N with tert-alkyl or cyclic N) is 1. The van der Waals surface area contributed by atoms with E-state index in [0.717, 1.165) is 44.7 Å². The lowest BCUT2D eigenvalue weighted by Gasteiger charge is -2.42. The summed E-state index contributed by atoms with van der Waals surface area (Å²) in [6, 6.07) is 12.7. The number of aliphatic hydroxyl groups is 1. The summed E-state index contributed by atoms with van der Waals surface area (Å²) < 4.78 is 11.2. The lowest BCUT2D eigenvalue weighted by Crippen LogP contribution is -2.54. The number of rotatable bonds is 3. The third kappa shape index (κ3) is 2.90. The van der Waals surface area contributed by atoms with E-state index in [1.165, 1.54) is 16.3 Å². The third-order valence-electron chi connectivity index (χ3n) is 5.54. The van der Waals surface area contributed by atoms with Gasteiger partial charge in [0.1, 0.15) is 5.75 Å². The number of ether oxygens (including phenoxy) is 2. The second kappa shape index (κ2) is 6.36. The van der Waals surface area contributed by atoms with Crippen molar-refractivity contribution in [2.24, 2.45) is 0 Å². The number of hydrogen-bond donors (Lipinski definition) is 1. The number of nitrogens with zero attached hydrogens (tertiary/aromatic N) is 1. The van der Waals surface area contributed by atoms with Gasteiger partial charge in [0.25, 0.3) is 0 Å². The topological polar surface area (TPSA) is 41.9 Å². The summed E-state index contributed by atoms with van der Waals surface area (Å²) in [6.07, 6.45) is 2.63. The van der Waals surface area contributed by atoms with Crippen molar-refractivity contribution in [3.8, 4) is 5.75 Å². The van der Waals surface area contributed by atoms with Crippen LogP contribution >= 0.6 is 0 Å². The van der Waals surface area contributed by atoms with E-state index in [4.69, 9.17) is 9.47 Å². The van der Waals surface area contributed by atoms with Crippen molar-refractivity contribution < 1.29 is 14.6 Å². The van der Waals surface area contributed by atoms with Crippen molar-refractivity contribution >= 4 is 10.8 Å². The van der Waals surface area contributed by atoms with Crippen LogP contribution in [0.3, 0.4) is 0 Å². The molecule has 4 heteroatoms. The zero-order valence-corrected chi connectivity index (χ0v) is 14.2. The molecule has 1 N–H and O–H groups in total. The van der Waals surface area contributed by atoms with Gasteiger partial charge in [0, 0.05) is 26.2 Å². The van der Waals surface area contributed by atoms with Gasteiger partial charge in [0.2, 0.25) is 0 Å². The molecule has 24 heavy (non-hydrogen) atoms. The Labute approximate surface area is 143 Å². The molecule has 2 aliphatic rings. The van der Waals surface area contributed by atoms with Crippen molar-refractivity contribution in [1.82, 2.24) is 4.90 Å². The first-order valence-corrected chi connectivity index (χ1v) is 8.80. The number of likely N-dealkylation sites (tertiary alicyclic amines) is 1. The molecule has 1 spiro atoms. The molecule has 2 atom stereocenters. The molecule has 4 nitrogen and oxygen atoms in total. The van der Waals surface area contributed by atoms with Crippen LogP contribution in [0, 0.1) is 0 Å². The van der Waals surface area contributed by atoms with E-state index in [1.54, 1.807) is 7.11 Å². The summed E-state index contributed by atoms with van der Waals surface area (Å²) in [6.45, 7) is 3.35. The van der Waals surface area contributed by atoms with E-state index in [9.17, 15) is 5.11 Å². The number of methoxy groups -OCH3 is 1. The Morgan fingerprint density at radius 2 is 2.04 bits per heavy atom. The molecular formula is C20H25NO3. The molecule has 0 bridgehead atoms. The highest BCUT2D eigenvalue weighted by molar-refractivity contribution is 5.84. The lowest BCUT2D eigenvalue weighted by atomic mass is 9.86. The minimum absolute atomic E-state index is 0.267.